The number of ether oxygens (including phenoxy) is 3. The number of benzene rings is 2. The molecule has 2 unspecified atom stereocenters. The minimum absolute atomic E-state index is 0.0216. The van der Waals surface area contributed by atoms with Crippen LogP contribution >= 0.6 is 0 Å². The van der Waals surface area contributed by atoms with Crippen LogP contribution in [0.1, 0.15) is 34.1 Å². The number of aliphatic hydroxyl groups is 3. The lowest BCUT2D eigenvalue weighted by molar-refractivity contribution is -0.265. The van der Waals surface area contributed by atoms with E-state index >= 15 is 0 Å². The first-order valence-corrected chi connectivity index (χ1v) is 12.5. The average Bonchev–Trinajstić information content (AvgIpc) is 3.27. The number of hydrogen-bond donors (Lipinski definition) is 5. The molecule has 6 N–H and O–H groups in total. The van der Waals surface area contributed by atoms with Crippen LogP contribution in [0.25, 0.3) is 11.3 Å². The number of halogens is 3. The Bertz CT molecular complexity index is 1410. The van der Waals surface area contributed by atoms with Gasteiger partial charge >= 0.3 is 6.18 Å². The Hall–Kier alpha value is -3.91. The number of hydrogen-bond acceptors (Lipinski definition) is 9. The highest BCUT2D eigenvalue weighted by Gasteiger charge is 2.57. The number of nitrogens with zero attached hydrogens (tertiary/aromatic N) is 1. The maximum Gasteiger partial charge on any atom is 0.424 e. The molecular weight excluding hydrogens is 547 g/mol. The molecule has 1 amide bonds. The molecule has 41 heavy (non-hydrogen) atoms. The second-order valence-electron chi connectivity index (χ2n) is 9.77. The quantitative estimate of drug-likeness (QED) is 0.244. The Kier molecular flexibility index (Phi) is 8.45. The second-order valence-corrected chi connectivity index (χ2v) is 9.77. The van der Waals surface area contributed by atoms with Crippen molar-refractivity contribution in [3.63, 3.8) is 0 Å². The number of carbonyl (C=O) groups excluding carboxylic acids is 1. The number of aromatic nitrogens is 1. The number of nitrogens with one attached hydrogen (secondary N) is 1. The summed E-state index contributed by atoms with van der Waals surface area (Å²) in [5.41, 5.74) is 1.87. The molecule has 3 aromatic rings. The summed E-state index contributed by atoms with van der Waals surface area (Å²) in [6.07, 6.45) is -5.26. The molecule has 0 bridgehead atoms. The fraction of sp³-hybridized carbons (Fsp3) is 0.357. The van der Waals surface area contributed by atoms with Crippen LogP contribution in [-0.2, 0) is 17.7 Å². The summed E-state index contributed by atoms with van der Waals surface area (Å²) in [6, 6.07) is 11.3. The summed E-state index contributed by atoms with van der Waals surface area (Å²) in [7, 11) is 1.31. The van der Waals surface area contributed by atoms with Crippen LogP contribution < -0.4 is 25.3 Å². The zero-order valence-corrected chi connectivity index (χ0v) is 22.3. The molecule has 0 saturated carbocycles. The van der Waals surface area contributed by atoms with Crippen molar-refractivity contribution in [3.05, 3.63) is 70.9 Å². The van der Waals surface area contributed by atoms with Gasteiger partial charge in [-0.25, -0.2) is 4.98 Å². The smallest absolute Gasteiger partial charge is 0.424 e. The van der Waals surface area contributed by atoms with Crippen molar-refractivity contribution >= 4 is 5.91 Å². The average molecular weight is 578 g/mol. The number of rotatable bonds is 10. The predicted molar refractivity (Wildman–Crippen MR) is 140 cm³/mol. The van der Waals surface area contributed by atoms with Gasteiger partial charge in [-0.2, -0.15) is 13.2 Å². The van der Waals surface area contributed by atoms with Gasteiger partial charge in [0.2, 0.25) is 5.60 Å². The van der Waals surface area contributed by atoms with Crippen molar-refractivity contribution in [3.8, 4) is 28.5 Å². The highest BCUT2D eigenvalue weighted by atomic mass is 19.4. The van der Waals surface area contributed by atoms with Crippen molar-refractivity contribution < 1.29 is 47.5 Å². The van der Waals surface area contributed by atoms with Gasteiger partial charge in [0.15, 0.2) is 17.2 Å². The molecule has 1 aromatic heterocycles. The highest BCUT2D eigenvalue weighted by molar-refractivity contribution is 5.95. The van der Waals surface area contributed by atoms with Crippen LogP contribution in [0.3, 0.4) is 0 Å². The SMILES string of the molecule is COc1cc(C(=O)NCC(O)(c2cc3c(c(-c4ccc(CO)cc4)n2)OCC3(C)N)C(F)(F)F)ccc1OCCO. The maximum atomic E-state index is 14.5. The molecule has 0 fully saturated rings. The first-order valence-electron chi connectivity index (χ1n) is 12.5. The van der Waals surface area contributed by atoms with E-state index in [1.54, 1.807) is 31.2 Å². The van der Waals surface area contributed by atoms with Crippen molar-refractivity contribution in [2.75, 3.05) is 33.5 Å². The molecule has 13 heteroatoms. The van der Waals surface area contributed by atoms with Gasteiger partial charge in [0.1, 0.15) is 18.9 Å². The van der Waals surface area contributed by atoms with E-state index in [2.05, 4.69) is 10.3 Å². The number of carbonyl (C=O) groups is 1. The molecule has 220 valence electrons. The number of alkyl halides is 3. The molecule has 1 aliphatic rings. The summed E-state index contributed by atoms with van der Waals surface area (Å²) in [6.45, 7) is -0.247. The van der Waals surface area contributed by atoms with Gasteiger partial charge < -0.3 is 40.6 Å². The van der Waals surface area contributed by atoms with Gasteiger partial charge in [-0.15, -0.1) is 0 Å². The summed E-state index contributed by atoms with van der Waals surface area (Å²) < 4.78 is 59.8. The van der Waals surface area contributed by atoms with E-state index in [9.17, 15) is 28.2 Å². The van der Waals surface area contributed by atoms with Crippen LogP contribution in [-0.4, -0.2) is 65.9 Å². The summed E-state index contributed by atoms with van der Waals surface area (Å²) >= 11 is 0. The number of amides is 1. The normalized spacial score (nSPS) is 17.8. The van der Waals surface area contributed by atoms with Crippen molar-refractivity contribution in [2.45, 2.75) is 30.8 Å². The Morgan fingerprint density at radius 3 is 2.46 bits per heavy atom. The molecule has 0 saturated heterocycles. The van der Waals surface area contributed by atoms with E-state index in [1.165, 1.54) is 25.3 Å². The van der Waals surface area contributed by atoms with Crippen LogP contribution in [0, 0.1) is 0 Å². The van der Waals surface area contributed by atoms with Crippen LogP contribution in [0.4, 0.5) is 13.2 Å². The van der Waals surface area contributed by atoms with Crippen LogP contribution in [0.15, 0.2) is 48.5 Å². The van der Waals surface area contributed by atoms with E-state index < -0.39 is 35.5 Å². The van der Waals surface area contributed by atoms with Crippen LogP contribution in [0.2, 0.25) is 0 Å². The molecule has 2 aromatic carbocycles. The molecule has 2 atom stereocenters. The van der Waals surface area contributed by atoms with E-state index in [1.807, 2.05) is 0 Å². The first-order chi connectivity index (χ1) is 19.3. The van der Waals surface area contributed by atoms with Gasteiger partial charge in [-0.1, -0.05) is 24.3 Å². The topological polar surface area (TPSA) is 156 Å². The Labute approximate surface area is 233 Å². The molecule has 10 nitrogen and oxygen atoms in total. The van der Waals surface area contributed by atoms with Gasteiger partial charge in [0.25, 0.3) is 5.91 Å². The molecule has 2 heterocycles. The number of methoxy groups -OCH3 is 1. The lowest BCUT2D eigenvalue weighted by Crippen LogP contribution is -2.51. The Morgan fingerprint density at radius 1 is 1.15 bits per heavy atom. The lowest BCUT2D eigenvalue weighted by Gasteiger charge is -2.31. The molecular formula is C28H30F3N3O7. The fourth-order valence-electron chi connectivity index (χ4n) is 4.31. The summed E-state index contributed by atoms with van der Waals surface area (Å²) in [4.78, 5) is 17.0. The van der Waals surface area contributed by atoms with E-state index in [4.69, 9.17) is 25.1 Å². The Balaban J connectivity index is 1.72. The van der Waals surface area contributed by atoms with Crippen molar-refractivity contribution in [1.82, 2.24) is 10.3 Å². The second kappa shape index (κ2) is 11.5. The van der Waals surface area contributed by atoms with Crippen LogP contribution in [0.5, 0.6) is 17.2 Å². The van der Waals surface area contributed by atoms with E-state index in [0.29, 0.717) is 11.1 Å². The summed E-state index contributed by atoms with van der Waals surface area (Å²) in [5.74, 6) is -0.400. The molecule has 1 aliphatic heterocycles. The molecule has 0 spiro atoms. The highest BCUT2D eigenvalue weighted by Crippen LogP contribution is 2.46. The zero-order valence-electron chi connectivity index (χ0n) is 22.3. The fourth-order valence-corrected chi connectivity index (χ4v) is 4.31. The number of aliphatic hydroxyl groups excluding tert-OH is 2. The van der Waals surface area contributed by atoms with E-state index in [-0.39, 0.29) is 60.5 Å². The standard InChI is InChI=1S/C28H30F3N3O7/c1-26(32)15-41-24-19(26)12-22(34-23(24)17-5-3-16(13-36)4-6-17)27(38,28(29,30)31)14-33-25(37)18-7-8-20(40-10-9-35)21(11-18)39-2/h3-8,11-12,35-36,38H,9-10,13-15,32H2,1-2H3,(H,33,37). The van der Waals surface area contributed by atoms with E-state index in [0.717, 1.165) is 6.07 Å². The maximum absolute atomic E-state index is 14.5. The van der Waals surface area contributed by atoms with Gasteiger partial charge in [-0.05, 0) is 36.8 Å². The summed E-state index contributed by atoms with van der Waals surface area (Å²) in [5, 5.41) is 31.6. The van der Waals surface area contributed by atoms with Gasteiger partial charge in [-0.3, -0.25) is 4.79 Å². The monoisotopic (exact) mass is 577 g/mol. The predicted octanol–water partition coefficient (Wildman–Crippen LogP) is 2.37. The zero-order chi connectivity index (χ0) is 30.0. The van der Waals surface area contributed by atoms with Crippen molar-refractivity contribution in [2.24, 2.45) is 5.73 Å². The number of nitrogens with two attached hydrogens (primary N) is 1. The number of fused-ring (bicyclic) bond motifs is 1. The third kappa shape index (κ3) is 5.93. The molecule has 0 aliphatic carbocycles. The van der Waals surface area contributed by atoms with Crippen molar-refractivity contribution in [1.29, 1.82) is 0 Å². The first kappa shape index (κ1) is 30.1. The Morgan fingerprint density at radius 2 is 1.85 bits per heavy atom. The molecule has 0 radical (unpaired) electrons. The largest absolute Gasteiger partial charge is 0.493 e. The third-order valence-corrected chi connectivity index (χ3v) is 6.69. The van der Waals surface area contributed by atoms with Gasteiger partial charge in [0.05, 0.1) is 38.1 Å². The third-order valence-electron chi connectivity index (χ3n) is 6.69. The minimum atomic E-state index is -5.26. The molecule has 4 rings (SSSR count). The van der Waals surface area contributed by atoms with Gasteiger partial charge in [0, 0.05) is 16.7 Å². The lowest BCUT2D eigenvalue weighted by atomic mass is 9.89. The minimum Gasteiger partial charge on any atom is -0.493 e. The number of pyridine rings is 1.